The van der Waals surface area contributed by atoms with Gasteiger partial charge in [0.15, 0.2) is 6.29 Å². The highest BCUT2D eigenvalue weighted by Gasteiger charge is 2.85. The van der Waals surface area contributed by atoms with Crippen LogP contribution in [0, 0.1) is 16.5 Å². The van der Waals surface area contributed by atoms with E-state index >= 15 is 0 Å². The summed E-state index contributed by atoms with van der Waals surface area (Å²) in [6, 6.07) is 0. The second-order valence-corrected chi connectivity index (χ2v) is 11.9. The summed E-state index contributed by atoms with van der Waals surface area (Å²) in [7, 11) is 0. The molecule has 11 heteroatoms. The lowest BCUT2D eigenvalue weighted by Gasteiger charge is -2.52. The standard InChI is InChI=1S/C24H42NO10/c1-6-13(3)8-25(32)21-11-23(21,31)19(34-14(9-26)16(21)28)35-24-12-22(24,30)18(20(4,5)7-2)33-15(10-27)17(24)29/h13-19,26-31H,6-12H2,1-5H3/q-1/t13?,14?,15?,16?,17?,18?,19-,21-,22?,23?,24?/m1/s1. The third kappa shape index (κ3) is 3.66. The largest absolute Gasteiger partial charge is 0.785 e. The van der Waals surface area contributed by atoms with Crippen molar-refractivity contribution in [3.05, 3.63) is 5.21 Å². The highest BCUT2D eigenvalue weighted by molar-refractivity contribution is 5.35. The maximum Gasteiger partial charge on any atom is 0.189 e. The first-order valence-corrected chi connectivity index (χ1v) is 12.7. The number of nitrogens with zero attached hydrogens (tertiary/aromatic N) is 1. The molecule has 0 aromatic heterocycles. The summed E-state index contributed by atoms with van der Waals surface area (Å²) in [6.45, 7) is 8.50. The van der Waals surface area contributed by atoms with Gasteiger partial charge in [0.25, 0.3) is 0 Å². The van der Waals surface area contributed by atoms with Crippen LogP contribution in [0.3, 0.4) is 0 Å². The van der Waals surface area contributed by atoms with Crippen molar-refractivity contribution in [1.82, 2.24) is 5.06 Å². The molecule has 0 aromatic carbocycles. The first-order valence-electron chi connectivity index (χ1n) is 12.7. The molecule has 0 spiro atoms. The number of hydrogen-bond donors (Lipinski definition) is 6. The molecule has 11 atom stereocenters. The second-order valence-electron chi connectivity index (χ2n) is 11.9. The minimum atomic E-state index is -1.92. The molecular weight excluding hydrogens is 462 g/mol. The fraction of sp³-hybridized carbons (Fsp3) is 1.00. The number of hydroxylamine groups is 2. The Morgan fingerprint density at radius 1 is 1.03 bits per heavy atom. The normalized spacial score (nSPS) is 50.0. The van der Waals surface area contributed by atoms with E-state index in [-0.39, 0.29) is 25.3 Å². The van der Waals surface area contributed by atoms with Gasteiger partial charge in [-0.1, -0.05) is 41.0 Å². The molecule has 0 radical (unpaired) electrons. The zero-order valence-corrected chi connectivity index (χ0v) is 21.3. The summed E-state index contributed by atoms with van der Waals surface area (Å²) in [5.41, 5.74) is -7.36. The van der Waals surface area contributed by atoms with Gasteiger partial charge in [0.1, 0.15) is 41.2 Å². The third-order valence-corrected chi connectivity index (χ3v) is 9.33. The zero-order valence-electron chi connectivity index (χ0n) is 21.3. The van der Waals surface area contributed by atoms with Crippen LogP contribution in [0.2, 0.25) is 0 Å². The van der Waals surface area contributed by atoms with E-state index in [0.717, 1.165) is 6.42 Å². The predicted molar refractivity (Wildman–Crippen MR) is 123 cm³/mol. The van der Waals surface area contributed by atoms with Gasteiger partial charge in [-0.15, -0.1) is 0 Å². The Balaban J connectivity index is 1.66. The molecule has 2 heterocycles. The van der Waals surface area contributed by atoms with Crippen molar-refractivity contribution in [3.8, 4) is 0 Å². The fourth-order valence-electron chi connectivity index (χ4n) is 6.22. The third-order valence-electron chi connectivity index (χ3n) is 9.33. The second kappa shape index (κ2) is 8.81. The molecule has 2 aliphatic heterocycles. The minimum absolute atomic E-state index is 0.000457. The maximum absolute atomic E-state index is 13.2. The molecule has 4 fully saturated rings. The lowest BCUT2D eigenvalue weighted by molar-refractivity contribution is -0.344. The van der Waals surface area contributed by atoms with Crippen molar-refractivity contribution < 1.29 is 44.8 Å². The van der Waals surface area contributed by atoms with Crippen LogP contribution < -0.4 is 0 Å². The molecule has 2 saturated carbocycles. The smallest absolute Gasteiger partial charge is 0.189 e. The van der Waals surface area contributed by atoms with Crippen molar-refractivity contribution >= 4 is 0 Å². The van der Waals surface area contributed by atoms with Crippen molar-refractivity contribution in [2.45, 2.75) is 119 Å². The van der Waals surface area contributed by atoms with E-state index in [2.05, 4.69) is 0 Å². The monoisotopic (exact) mass is 504 g/mol. The molecule has 204 valence electrons. The van der Waals surface area contributed by atoms with Gasteiger partial charge in [-0.3, -0.25) is 0 Å². The van der Waals surface area contributed by atoms with Crippen LogP contribution in [0.1, 0.15) is 60.3 Å². The number of fused-ring (bicyclic) bond motifs is 2. The summed E-state index contributed by atoms with van der Waals surface area (Å²) in [6.07, 6.45) is -6.29. The zero-order chi connectivity index (χ0) is 26.2. The Morgan fingerprint density at radius 3 is 2.17 bits per heavy atom. The number of aliphatic hydroxyl groups excluding tert-OH is 4. The first-order chi connectivity index (χ1) is 16.2. The quantitative estimate of drug-likeness (QED) is 0.206. The Hall–Kier alpha value is -0.440. The maximum atomic E-state index is 13.2. The van der Waals surface area contributed by atoms with E-state index < -0.39 is 77.8 Å². The SMILES string of the molecule is CCC(C)CN([O-])[C@@]12CC1(O)[C@@H](OC13CC1(O)C(C(C)(C)CC)OC(CO)C3O)OC(CO)C2O. The highest BCUT2D eigenvalue weighted by Crippen LogP contribution is 2.67. The van der Waals surface area contributed by atoms with Crippen LogP contribution in [0.25, 0.3) is 0 Å². The molecule has 9 unspecified atom stereocenters. The molecule has 4 rings (SSSR count). The van der Waals surface area contributed by atoms with Crippen LogP contribution >= 0.6 is 0 Å². The number of hydrogen-bond acceptors (Lipinski definition) is 11. The molecule has 0 amide bonds. The number of rotatable bonds is 10. The van der Waals surface area contributed by atoms with Gasteiger partial charge in [0.05, 0.1) is 24.9 Å². The molecule has 6 N–H and O–H groups in total. The van der Waals surface area contributed by atoms with Crippen molar-refractivity contribution in [2.24, 2.45) is 11.3 Å². The fourth-order valence-corrected chi connectivity index (χ4v) is 6.22. The van der Waals surface area contributed by atoms with Crippen LogP contribution in [-0.2, 0) is 14.2 Å². The van der Waals surface area contributed by atoms with Gasteiger partial charge < -0.3 is 55.1 Å². The van der Waals surface area contributed by atoms with E-state index in [9.17, 15) is 35.8 Å². The van der Waals surface area contributed by atoms with Gasteiger partial charge in [0.2, 0.25) is 0 Å². The van der Waals surface area contributed by atoms with Crippen LogP contribution in [0.15, 0.2) is 0 Å². The van der Waals surface area contributed by atoms with Crippen molar-refractivity contribution in [3.63, 3.8) is 0 Å². The summed E-state index contributed by atoms with van der Waals surface area (Å²) < 4.78 is 17.9. The van der Waals surface area contributed by atoms with Crippen molar-refractivity contribution in [2.75, 3.05) is 19.8 Å². The molecule has 2 saturated heterocycles. The molecule has 0 bridgehead atoms. The molecule has 2 aliphatic carbocycles. The van der Waals surface area contributed by atoms with E-state index in [4.69, 9.17) is 14.2 Å². The summed E-state index contributed by atoms with van der Waals surface area (Å²) in [5, 5.41) is 78.8. The van der Waals surface area contributed by atoms with Crippen molar-refractivity contribution in [1.29, 1.82) is 0 Å². The Morgan fingerprint density at radius 2 is 1.63 bits per heavy atom. The summed E-state index contributed by atoms with van der Waals surface area (Å²) >= 11 is 0. The van der Waals surface area contributed by atoms with Gasteiger partial charge in [-0.25, -0.2) is 0 Å². The highest BCUT2D eigenvalue weighted by atomic mass is 16.7. The average Bonchev–Trinajstić information content (AvgIpc) is 3.67. The predicted octanol–water partition coefficient (Wildman–Crippen LogP) is -0.769. The average molecular weight is 505 g/mol. The van der Waals surface area contributed by atoms with Crippen LogP contribution in [0.4, 0.5) is 0 Å². The van der Waals surface area contributed by atoms with E-state index in [1.807, 2.05) is 34.6 Å². The van der Waals surface area contributed by atoms with Crippen LogP contribution in [0.5, 0.6) is 0 Å². The van der Waals surface area contributed by atoms with Gasteiger partial charge in [-0.2, -0.15) is 0 Å². The van der Waals surface area contributed by atoms with Crippen LogP contribution in [-0.4, -0.2) is 115 Å². The lowest BCUT2D eigenvalue weighted by atomic mass is 9.76. The Kier molecular flexibility index (Phi) is 6.94. The van der Waals surface area contributed by atoms with E-state index in [1.165, 1.54) is 0 Å². The molecule has 0 aromatic rings. The summed E-state index contributed by atoms with van der Waals surface area (Å²) in [4.78, 5) is 0. The van der Waals surface area contributed by atoms with E-state index in [1.54, 1.807) is 0 Å². The molecule has 11 nitrogen and oxygen atoms in total. The van der Waals surface area contributed by atoms with Gasteiger partial charge in [0, 0.05) is 12.8 Å². The molecule has 4 aliphatic rings. The molecule has 35 heavy (non-hydrogen) atoms. The Labute approximate surface area is 206 Å². The molecular formula is C24H42NO10-. The van der Waals surface area contributed by atoms with Gasteiger partial charge in [-0.05, 0) is 24.3 Å². The summed E-state index contributed by atoms with van der Waals surface area (Å²) in [5.74, 6) is 0.000457. The first kappa shape index (κ1) is 27.6. The Bertz CT molecular complexity index is 800. The lowest BCUT2D eigenvalue weighted by Crippen LogP contribution is -2.68. The van der Waals surface area contributed by atoms with E-state index in [0.29, 0.717) is 11.5 Å². The number of ether oxygens (including phenoxy) is 3. The number of aliphatic hydroxyl groups is 6. The topological polar surface area (TPSA) is 175 Å². The van der Waals surface area contributed by atoms with Gasteiger partial charge >= 0.3 is 0 Å². The minimum Gasteiger partial charge on any atom is -0.785 e.